The van der Waals surface area contributed by atoms with Crippen molar-refractivity contribution in [1.82, 2.24) is 4.57 Å². The van der Waals surface area contributed by atoms with Gasteiger partial charge in [0.15, 0.2) is 0 Å². The molecule has 1 atom stereocenters. The van der Waals surface area contributed by atoms with Gasteiger partial charge in [-0.05, 0) is 42.2 Å². The minimum Gasteiger partial charge on any atom is -0.492 e. The van der Waals surface area contributed by atoms with Crippen molar-refractivity contribution in [1.29, 1.82) is 0 Å². The van der Waals surface area contributed by atoms with Gasteiger partial charge in [0.1, 0.15) is 12.4 Å². The van der Waals surface area contributed by atoms with Gasteiger partial charge in [-0.25, -0.2) is 0 Å². The van der Waals surface area contributed by atoms with Crippen molar-refractivity contribution in [2.45, 2.75) is 25.5 Å². The molecule has 1 aliphatic carbocycles. The van der Waals surface area contributed by atoms with E-state index in [1.807, 2.05) is 24.3 Å². The number of hydrogen-bond donors (Lipinski definition) is 1. The van der Waals surface area contributed by atoms with Crippen LogP contribution in [-0.2, 0) is 13.0 Å². The van der Waals surface area contributed by atoms with Gasteiger partial charge in [-0.1, -0.05) is 12.1 Å². The monoisotopic (exact) mass is 271 g/mol. The van der Waals surface area contributed by atoms with Crippen molar-refractivity contribution >= 4 is 0 Å². The standard InChI is InChI=1S/C16H17NO3/c18-15-7-4-12-11-13(5-6-14(12)15)20-10-9-17-8-2-1-3-16(17)19/h1-3,5-6,8,11,15,18H,4,7,9-10H2/t15-/m1/s1. The zero-order chi connectivity index (χ0) is 13.9. The lowest BCUT2D eigenvalue weighted by molar-refractivity contribution is 0.180. The fourth-order valence-electron chi connectivity index (χ4n) is 2.57. The van der Waals surface area contributed by atoms with E-state index in [-0.39, 0.29) is 11.7 Å². The SMILES string of the molecule is O=c1ccccn1CCOc1ccc2c(c1)CC[C@H]2O. The Morgan fingerprint density at radius 2 is 2.20 bits per heavy atom. The number of aryl methyl sites for hydroxylation is 1. The highest BCUT2D eigenvalue weighted by Crippen LogP contribution is 2.33. The Morgan fingerprint density at radius 3 is 3.05 bits per heavy atom. The van der Waals surface area contributed by atoms with E-state index in [0.717, 1.165) is 29.7 Å². The van der Waals surface area contributed by atoms with E-state index >= 15 is 0 Å². The van der Waals surface area contributed by atoms with Crippen LogP contribution in [0.15, 0.2) is 47.4 Å². The number of nitrogens with zero attached hydrogens (tertiary/aromatic N) is 1. The molecule has 4 nitrogen and oxygen atoms in total. The molecule has 0 unspecified atom stereocenters. The molecule has 0 radical (unpaired) electrons. The lowest BCUT2D eigenvalue weighted by Crippen LogP contribution is -2.21. The predicted molar refractivity (Wildman–Crippen MR) is 75.9 cm³/mol. The smallest absolute Gasteiger partial charge is 0.250 e. The van der Waals surface area contributed by atoms with Crippen LogP contribution in [0.3, 0.4) is 0 Å². The molecule has 4 heteroatoms. The van der Waals surface area contributed by atoms with E-state index in [1.54, 1.807) is 16.8 Å². The first-order valence-electron chi connectivity index (χ1n) is 6.83. The van der Waals surface area contributed by atoms with Crippen LogP contribution in [0.5, 0.6) is 5.75 Å². The Labute approximate surface area is 117 Å². The Kier molecular flexibility index (Phi) is 3.56. The molecule has 1 N–H and O–H groups in total. The Balaban J connectivity index is 1.62. The van der Waals surface area contributed by atoms with Gasteiger partial charge in [0, 0.05) is 12.3 Å². The number of ether oxygens (including phenoxy) is 1. The molecule has 2 aromatic rings. The van der Waals surface area contributed by atoms with Crippen LogP contribution >= 0.6 is 0 Å². The molecular weight excluding hydrogens is 254 g/mol. The molecule has 0 saturated heterocycles. The van der Waals surface area contributed by atoms with Gasteiger partial charge in [-0.15, -0.1) is 0 Å². The van der Waals surface area contributed by atoms with Gasteiger partial charge in [-0.2, -0.15) is 0 Å². The van der Waals surface area contributed by atoms with Gasteiger partial charge in [0.2, 0.25) is 0 Å². The van der Waals surface area contributed by atoms with Crippen molar-refractivity contribution in [2.75, 3.05) is 6.61 Å². The lowest BCUT2D eigenvalue weighted by Gasteiger charge is -2.10. The number of aliphatic hydroxyl groups excluding tert-OH is 1. The Morgan fingerprint density at radius 1 is 1.30 bits per heavy atom. The fourth-order valence-corrected chi connectivity index (χ4v) is 2.57. The maximum absolute atomic E-state index is 11.5. The van der Waals surface area contributed by atoms with Crippen molar-refractivity contribution in [2.24, 2.45) is 0 Å². The third kappa shape index (κ3) is 2.60. The molecule has 0 saturated carbocycles. The number of benzene rings is 1. The van der Waals surface area contributed by atoms with Crippen LogP contribution in [-0.4, -0.2) is 16.3 Å². The summed E-state index contributed by atoms with van der Waals surface area (Å²) in [6, 6.07) is 10.9. The molecule has 104 valence electrons. The van der Waals surface area contributed by atoms with Gasteiger partial charge in [-0.3, -0.25) is 4.79 Å². The highest BCUT2D eigenvalue weighted by Gasteiger charge is 2.20. The third-order valence-corrected chi connectivity index (χ3v) is 3.66. The predicted octanol–water partition coefficient (Wildman–Crippen LogP) is 1.91. The van der Waals surface area contributed by atoms with Crippen molar-refractivity contribution in [3.8, 4) is 5.75 Å². The van der Waals surface area contributed by atoms with E-state index in [4.69, 9.17) is 4.74 Å². The maximum atomic E-state index is 11.5. The molecule has 20 heavy (non-hydrogen) atoms. The average molecular weight is 271 g/mol. The Bertz CT molecular complexity index is 663. The van der Waals surface area contributed by atoms with E-state index in [0.29, 0.717) is 13.2 Å². The fraction of sp³-hybridized carbons (Fsp3) is 0.312. The minimum absolute atomic E-state index is 0.0202. The Hall–Kier alpha value is -2.07. The summed E-state index contributed by atoms with van der Waals surface area (Å²) in [5.41, 5.74) is 2.15. The van der Waals surface area contributed by atoms with Crippen LogP contribution in [0.2, 0.25) is 0 Å². The van der Waals surface area contributed by atoms with E-state index in [2.05, 4.69) is 0 Å². The van der Waals surface area contributed by atoms with E-state index < -0.39 is 0 Å². The average Bonchev–Trinajstić information content (AvgIpc) is 2.82. The lowest BCUT2D eigenvalue weighted by atomic mass is 10.1. The number of pyridine rings is 1. The molecule has 1 aromatic carbocycles. The van der Waals surface area contributed by atoms with Crippen LogP contribution in [0.25, 0.3) is 0 Å². The second kappa shape index (κ2) is 5.51. The molecule has 0 spiro atoms. The molecule has 0 bridgehead atoms. The van der Waals surface area contributed by atoms with Crippen LogP contribution < -0.4 is 10.3 Å². The van der Waals surface area contributed by atoms with E-state index in [1.165, 1.54) is 6.07 Å². The molecule has 3 rings (SSSR count). The molecular formula is C16H17NO3. The number of aromatic nitrogens is 1. The van der Waals surface area contributed by atoms with Crippen molar-refractivity contribution in [3.63, 3.8) is 0 Å². The minimum atomic E-state index is -0.332. The highest BCUT2D eigenvalue weighted by atomic mass is 16.5. The molecule has 0 aliphatic heterocycles. The quantitative estimate of drug-likeness (QED) is 0.924. The zero-order valence-corrected chi connectivity index (χ0v) is 11.2. The van der Waals surface area contributed by atoms with Crippen molar-refractivity contribution in [3.05, 3.63) is 64.1 Å². The highest BCUT2D eigenvalue weighted by molar-refractivity contribution is 5.39. The normalized spacial score (nSPS) is 16.9. The summed E-state index contributed by atoms with van der Waals surface area (Å²) in [6.07, 6.45) is 3.11. The summed E-state index contributed by atoms with van der Waals surface area (Å²) in [4.78, 5) is 11.5. The van der Waals surface area contributed by atoms with Crippen LogP contribution in [0.1, 0.15) is 23.7 Å². The molecule has 1 aliphatic rings. The summed E-state index contributed by atoms with van der Waals surface area (Å²) in [6.45, 7) is 0.977. The summed E-state index contributed by atoms with van der Waals surface area (Å²) >= 11 is 0. The first kappa shape index (κ1) is 12.9. The number of fused-ring (bicyclic) bond motifs is 1. The van der Waals surface area contributed by atoms with E-state index in [9.17, 15) is 9.90 Å². The maximum Gasteiger partial charge on any atom is 0.250 e. The van der Waals surface area contributed by atoms with Gasteiger partial charge in [0.25, 0.3) is 5.56 Å². The number of aliphatic hydroxyl groups is 1. The zero-order valence-electron chi connectivity index (χ0n) is 11.2. The van der Waals surface area contributed by atoms with Gasteiger partial charge >= 0.3 is 0 Å². The second-order valence-electron chi connectivity index (χ2n) is 5.00. The summed E-state index contributed by atoms with van der Waals surface area (Å²) in [5.74, 6) is 0.793. The van der Waals surface area contributed by atoms with Gasteiger partial charge in [0.05, 0.1) is 12.6 Å². The topological polar surface area (TPSA) is 51.5 Å². The summed E-state index contributed by atoms with van der Waals surface area (Å²) < 4.78 is 7.31. The summed E-state index contributed by atoms with van der Waals surface area (Å²) in [5, 5.41) is 9.75. The molecule has 0 amide bonds. The van der Waals surface area contributed by atoms with Gasteiger partial charge < -0.3 is 14.4 Å². The first-order valence-corrected chi connectivity index (χ1v) is 6.83. The molecule has 0 fully saturated rings. The van der Waals surface area contributed by atoms with Crippen molar-refractivity contribution < 1.29 is 9.84 Å². The van der Waals surface area contributed by atoms with Crippen LogP contribution in [0.4, 0.5) is 0 Å². The first-order chi connectivity index (χ1) is 9.74. The molecule has 1 aromatic heterocycles. The van der Waals surface area contributed by atoms with Crippen LogP contribution in [0, 0.1) is 0 Å². The number of rotatable bonds is 4. The third-order valence-electron chi connectivity index (χ3n) is 3.66. The number of hydrogen-bond acceptors (Lipinski definition) is 3. The summed E-state index contributed by atoms with van der Waals surface area (Å²) in [7, 11) is 0. The molecule has 1 heterocycles. The second-order valence-corrected chi connectivity index (χ2v) is 5.00. The largest absolute Gasteiger partial charge is 0.492 e.